The molecule has 2 aromatic heterocycles. The van der Waals surface area contributed by atoms with Crippen LogP contribution in [-0.4, -0.2) is 15.8 Å². The van der Waals surface area contributed by atoms with E-state index >= 15 is 0 Å². The van der Waals surface area contributed by atoms with Crippen LogP contribution in [0.15, 0.2) is 40.6 Å². The van der Waals surface area contributed by atoms with Crippen molar-refractivity contribution >= 4 is 23.1 Å². The second-order valence-electron chi connectivity index (χ2n) is 4.43. The Morgan fingerprint density at radius 3 is 3.00 bits per heavy atom. The van der Waals surface area contributed by atoms with Gasteiger partial charge in [-0.05, 0) is 25.3 Å². The smallest absolute Gasteiger partial charge is 0.138 e. The normalized spacial score (nSPS) is 16.6. The van der Waals surface area contributed by atoms with E-state index in [0.717, 1.165) is 17.9 Å². The first-order chi connectivity index (χ1) is 8.77. The van der Waals surface area contributed by atoms with Crippen LogP contribution in [0.4, 0.5) is 0 Å². The van der Waals surface area contributed by atoms with E-state index in [1.165, 1.54) is 10.5 Å². The Morgan fingerprint density at radius 2 is 2.33 bits per heavy atom. The maximum Gasteiger partial charge on any atom is 0.138 e. The molecule has 1 aliphatic rings. The van der Waals surface area contributed by atoms with Crippen LogP contribution >= 0.6 is 11.3 Å². The van der Waals surface area contributed by atoms with Gasteiger partial charge in [-0.3, -0.25) is 4.99 Å². The molecular weight excluding hydrogens is 242 g/mol. The SMILES string of the molecule is CC1=C(c2nccn2C(C)c2cccs2)CC=N1. The van der Waals surface area contributed by atoms with Crippen LogP contribution < -0.4 is 0 Å². The highest BCUT2D eigenvalue weighted by atomic mass is 32.1. The number of allylic oxidation sites excluding steroid dienone is 2. The lowest BCUT2D eigenvalue weighted by atomic mass is 10.1. The number of aliphatic imine (C=N–C) groups is 1. The zero-order valence-electron chi connectivity index (χ0n) is 10.5. The Bertz CT molecular complexity index is 605. The Kier molecular flexibility index (Phi) is 2.88. The third kappa shape index (κ3) is 1.82. The molecule has 18 heavy (non-hydrogen) atoms. The molecule has 4 heteroatoms. The molecule has 0 amide bonds. The highest BCUT2D eigenvalue weighted by molar-refractivity contribution is 7.10. The quantitative estimate of drug-likeness (QED) is 0.823. The molecule has 0 spiro atoms. The van der Waals surface area contributed by atoms with E-state index in [2.05, 4.69) is 45.2 Å². The first-order valence-corrected chi connectivity index (χ1v) is 6.94. The van der Waals surface area contributed by atoms with Crippen LogP contribution in [0, 0.1) is 0 Å². The number of imidazole rings is 1. The molecule has 0 fully saturated rings. The molecule has 3 heterocycles. The molecule has 1 atom stereocenters. The summed E-state index contributed by atoms with van der Waals surface area (Å²) in [7, 11) is 0. The molecule has 0 N–H and O–H groups in total. The first-order valence-electron chi connectivity index (χ1n) is 6.06. The molecule has 1 aliphatic heterocycles. The van der Waals surface area contributed by atoms with E-state index in [1.807, 2.05) is 19.3 Å². The van der Waals surface area contributed by atoms with E-state index in [0.29, 0.717) is 6.04 Å². The summed E-state index contributed by atoms with van der Waals surface area (Å²) >= 11 is 1.79. The summed E-state index contributed by atoms with van der Waals surface area (Å²) < 4.78 is 2.24. The predicted molar refractivity (Wildman–Crippen MR) is 76.1 cm³/mol. The number of aromatic nitrogens is 2. The molecule has 0 saturated carbocycles. The maximum absolute atomic E-state index is 4.51. The summed E-state index contributed by atoms with van der Waals surface area (Å²) in [6.07, 6.45) is 6.77. The lowest BCUT2D eigenvalue weighted by Gasteiger charge is -2.15. The molecule has 1 unspecified atom stereocenters. The van der Waals surface area contributed by atoms with Gasteiger partial charge in [-0.1, -0.05) is 6.07 Å². The predicted octanol–water partition coefficient (Wildman–Crippen LogP) is 3.76. The standard InChI is InChI=1S/C14H15N3S/c1-10-12(5-6-15-10)14-16-7-8-17(14)11(2)13-4-3-9-18-13/h3-4,6-9,11H,5H2,1-2H3. The van der Waals surface area contributed by atoms with Crippen LogP contribution in [0.3, 0.4) is 0 Å². The number of thiophene rings is 1. The Labute approximate surface area is 111 Å². The molecule has 3 rings (SSSR count). The van der Waals surface area contributed by atoms with E-state index in [4.69, 9.17) is 0 Å². The van der Waals surface area contributed by atoms with Gasteiger partial charge < -0.3 is 4.57 Å². The Hall–Kier alpha value is -1.68. The van der Waals surface area contributed by atoms with E-state index in [-0.39, 0.29) is 0 Å². The second-order valence-corrected chi connectivity index (χ2v) is 5.41. The molecule has 0 aliphatic carbocycles. The first kappa shape index (κ1) is 11.4. The van der Waals surface area contributed by atoms with Gasteiger partial charge in [0, 0.05) is 41.2 Å². The van der Waals surface area contributed by atoms with Gasteiger partial charge >= 0.3 is 0 Å². The molecule has 3 nitrogen and oxygen atoms in total. The van der Waals surface area contributed by atoms with Gasteiger partial charge in [0.25, 0.3) is 0 Å². The highest BCUT2D eigenvalue weighted by Gasteiger charge is 2.18. The summed E-state index contributed by atoms with van der Waals surface area (Å²) in [4.78, 5) is 10.2. The van der Waals surface area contributed by atoms with Gasteiger partial charge in [0.2, 0.25) is 0 Å². The summed E-state index contributed by atoms with van der Waals surface area (Å²) in [5, 5.41) is 2.12. The van der Waals surface area contributed by atoms with Crippen molar-refractivity contribution in [3.8, 4) is 0 Å². The van der Waals surface area contributed by atoms with Gasteiger partial charge in [0.15, 0.2) is 0 Å². The fourth-order valence-electron chi connectivity index (χ4n) is 2.28. The maximum atomic E-state index is 4.51. The summed E-state index contributed by atoms with van der Waals surface area (Å²) in [5.41, 5.74) is 2.32. The number of hydrogen-bond acceptors (Lipinski definition) is 3. The lowest BCUT2D eigenvalue weighted by Crippen LogP contribution is -2.08. The van der Waals surface area contributed by atoms with Crippen molar-refractivity contribution in [3.63, 3.8) is 0 Å². The Balaban J connectivity index is 2.00. The van der Waals surface area contributed by atoms with Crippen molar-refractivity contribution in [1.82, 2.24) is 9.55 Å². The third-order valence-corrected chi connectivity index (χ3v) is 4.37. The lowest BCUT2D eigenvalue weighted by molar-refractivity contribution is 0.640. The van der Waals surface area contributed by atoms with Gasteiger partial charge in [0.05, 0.1) is 6.04 Å². The average Bonchev–Trinajstić information content (AvgIpc) is 3.09. The molecule has 92 valence electrons. The fraction of sp³-hybridized carbons (Fsp3) is 0.286. The topological polar surface area (TPSA) is 30.2 Å². The van der Waals surface area contributed by atoms with Crippen LogP contribution in [0.25, 0.3) is 5.57 Å². The molecule has 2 aromatic rings. The minimum atomic E-state index is 0.323. The van der Waals surface area contributed by atoms with Gasteiger partial charge in [-0.25, -0.2) is 4.98 Å². The number of hydrogen-bond donors (Lipinski definition) is 0. The van der Waals surface area contributed by atoms with Crippen LogP contribution in [0.2, 0.25) is 0 Å². The zero-order valence-corrected chi connectivity index (χ0v) is 11.3. The largest absolute Gasteiger partial charge is 0.323 e. The third-order valence-electron chi connectivity index (χ3n) is 3.33. The molecule has 0 aromatic carbocycles. The fourth-order valence-corrected chi connectivity index (χ4v) is 3.06. The molecule has 0 saturated heterocycles. The Morgan fingerprint density at radius 1 is 1.44 bits per heavy atom. The zero-order chi connectivity index (χ0) is 12.5. The van der Waals surface area contributed by atoms with E-state index in [1.54, 1.807) is 11.3 Å². The molecular formula is C14H15N3S. The highest BCUT2D eigenvalue weighted by Crippen LogP contribution is 2.30. The van der Waals surface area contributed by atoms with Crippen molar-refractivity contribution < 1.29 is 0 Å². The van der Waals surface area contributed by atoms with Gasteiger partial charge in [0.1, 0.15) is 5.82 Å². The van der Waals surface area contributed by atoms with E-state index < -0.39 is 0 Å². The molecule has 0 bridgehead atoms. The van der Waals surface area contributed by atoms with Crippen LogP contribution in [0.1, 0.15) is 37.0 Å². The summed E-state index contributed by atoms with van der Waals surface area (Å²) in [6.45, 7) is 4.26. The van der Waals surface area contributed by atoms with Gasteiger partial charge in [-0.15, -0.1) is 11.3 Å². The monoisotopic (exact) mass is 257 g/mol. The number of rotatable bonds is 3. The van der Waals surface area contributed by atoms with Crippen LogP contribution in [0.5, 0.6) is 0 Å². The minimum absolute atomic E-state index is 0.323. The minimum Gasteiger partial charge on any atom is -0.323 e. The van der Waals surface area contributed by atoms with Crippen molar-refractivity contribution in [1.29, 1.82) is 0 Å². The van der Waals surface area contributed by atoms with Crippen LogP contribution in [-0.2, 0) is 0 Å². The van der Waals surface area contributed by atoms with E-state index in [9.17, 15) is 0 Å². The average molecular weight is 257 g/mol. The van der Waals surface area contributed by atoms with Crippen molar-refractivity contribution in [3.05, 3.63) is 46.3 Å². The summed E-state index contributed by atoms with van der Waals surface area (Å²) in [5.74, 6) is 1.05. The van der Waals surface area contributed by atoms with Crippen molar-refractivity contribution in [2.24, 2.45) is 4.99 Å². The molecule has 0 radical (unpaired) electrons. The van der Waals surface area contributed by atoms with Crippen molar-refractivity contribution in [2.75, 3.05) is 0 Å². The second kappa shape index (κ2) is 4.53. The number of nitrogens with zero attached hydrogens (tertiary/aromatic N) is 3. The van der Waals surface area contributed by atoms with Gasteiger partial charge in [-0.2, -0.15) is 0 Å². The summed E-state index contributed by atoms with van der Waals surface area (Å²) in [6, 6.07) is 4.59. The van der Waals surface area contributed by atoms with Crippen molar-refractivity contribution in [2.45, 2.75) is 26.3 Å².